The fourth-order valence-corrected chi connectivity index (χ4v) is 0.668. The van der Waals surface area contributed by atoms with Crippen molar-refractivity contribution in [3.05, 3.63) is 0 Å². The molecule has 0 fully saturated rings. The third kappa shape index (κ3) is 11.6. The topological polar surface area (TPSA) is 75.6 Å². The van der Waals surface area contributed by atoms with Gasteiger partial charge < -0.3 is 10.1 Å². The van der Waals surface area contributed by atoms with E-state index < -0.39 is 22.7 Å². The average molecular weight is 360 g/mol. The molecule has 18 heavy (non-hydrogen) atoms. The highest BCUT2D eigenvalue weighted by Crippen LogP contribution is 2.40. The zero-order chi connectivity index (χ0) is 15.0. The number of alkyl halides is 3. The van der Waals surface area contributed by atoms with Crippen molar-refractivity contribution < 1.29 is 19.0 Å². The van der Waals surface area contributed by atoms with Crippen molar-refractivity contribution in [2.24, 2.45) is 0 Å². The van der Waals surface area contributed by atoms with Gasteiger partial charge in [0.05, 0.1) is 0 Å². The SMILES string of the molecule is CCCNC(=O)OC(C)(C)C(Cl)(Cl)Cl.O=[P+](O)S. The molecule has 0 aromatic rings. The predicted molar refractivity (Wildman–Crippen MR) is 78.0 cm³/mol. The molecule has 1 unspecified atom stereocenters. The van der Waals surface area contributed by atoms with Crippen LogP contribution in [0.1, 0.15) is 27.2 Å². The highest BCUT2D eigenvalue weighted by Gasteiger charge is 2.44. The number of nitrogens with one attached hydrogen (secondary N) is 1. The molecule has 108 valence electrons. The van der Waals surface area contributed by atoms with Gasteiger partial charge in [-0.2, -0.15) is 4.89 Å². The van der Waals surface area contributed by atoms with Crippen LogP contribution < -0.4 is 5.32 Å². The summed E-state index contributed by atoms with van der Waals surface area (Å²) in [6.45, 7) is 5.53. The van der Waals surface area contributed by atoms with Crippen molar-refractivity contribution in [1.29, 1.82) is 0 Å². The summed E-state index contributed by atoms with van der Waals surface area (Å²) < 4.78 is 12.3. The first-order valence-electron chi connectivity index (χ1n) is 4.82. The van der Waals surface area contributed by atoms with Crippen LogP contribution in [0.4, 0.5) is 4.79 Å². The van der Waals surface area contributed by atoms with E-state index >= 15 is 0 Å². The zero-order valence-corrected chi connectivity index (χ0v) is 14.2. The second kappa shape index (κ2) is 9.45. The summed E-state index contributed by atoms with van der Waals surface area (Å²) in [5.74, 6) is 0. The number of rotatable bonds is 3. The van der Waals surface area contributed by atoms with Crippen LogP contribution in [0.3, 0.4) is 0 Å². The molecule has 10 heteroatoms. The first-order chi connectivity index (χ1) is 7.94. The highest BCUT2D eigenvalue weighted by atomic mass is 35.6. The Morgan fingerprint density at radius 1 is 1.44 bits per heavy atom. The number of carbonyl (C=O) groups is 1. The standard InChI is InChI=1S/C8H14Cl3NO2.HO2PS/c1-4-5-12-6(13)14-7(2,3)8(9,10)11;1-3(2)4/h4-5H2,1-3H3,(H,12,13);(H-,1,2,4)/p+1. The van der Waals surface area contributed by atoms with Crippen LogP contribution in [0.25, 0.3) is 0 Å². The Kier molecular flexibility index (Phi) is 11.0. The van der Waals surface area contributed by atoms with E-state index in [1.54, 1.807) is 0 Å². The molecule has 5 nitrogen and oxygen atoms in total. The predicted octanol–water partition coefficient (Wildman–Crippen LogP) is 3.84. The monoisotopic (exact) mass is 358 g/mol. The lowest BCUT2D eigenvalue weighted by atomic mass is 10.2. The molecular weight excluding hydrogens is 343 g/mol. The molecule has 0 heterocycles. The zero-order valence-electron chi connectivity index (χ0n) is 10.1. The summed E-state index contributed by atoms with van der Waals surface area (Å²) in [4.78, 5) is 18.6. The maximum atomic E-state index is 11.2. The molecule has 0 aliphatic rings. The smallest absolute Gasteiger partial charge is 0.439 e. The first-order valence-corrected chi connectivity index (χ1v) is 8.32. The molecule has 0 bridgehead atoms. The Bertz CT molecular complexity index is 282. The summed E-state index contributed by atoms with van der Waals surface area (Å²) in [6.07, 6.45) is 0.242. The number of thiol groups is 1. The lowest BCUT2D eigenvalue weighted by Crippen LogP contribution is -2.44. The third-order valence-electron chi connectivity index (χ3n) is 1.55. The first kappa shape index (κ1) is 20.9. The van der Waals surface area contributed by atoms with Crippen molar-refractivity contribution in [3.8, 4) is 0 Å². The molecule has 0 saturated heterocycles. The number of halogens is 3. The van der Waals surface area contributed by atoms with Gasteiger partial charge in [0.15, 0.2) is 5.60 Å². The number of hydrogen-bond donors (Lipinski definition) is 3. The van der Waals surface area contributed by atoms with Crippen LogP contribution in [-0.4, -0.2) is 26.9 Å². The molecule has 0 radical (unpaired) electrons. The minimum Gasteiger partial charge on any atom is -0.439 e. The molecule has 0 aromatic heterocycles. The van der Waals surface area contributed by atoms with Crippen LogP contribution in [0.2, 0.25) is 0 Å². The van der Waals surface area contributed by atoms with E-state index in [0.29, 0.717) is 6.54 Å². The number of alkyl carbamates (subject to hydrolysis) is 1. The summed E-state index contributed by atoms with van der Waals surface area (Å²) in [5, 5.41) is 2.52. The number of hydrogen-bond acceptors (Lipinski definition) is 3. The van der Waals surface area contributed by atoms with E-state index in [4.69, 9.17) is 49.0 Å². The van der Waals surface area contributed by atoms with E-state index in [1.165, 1.54) is 13.8 Å². The van der Waals surface area contributed by atoms with Crippen molar-refractivity contribution in [2.75, 3.05) is 6.54 Å². The lowest BCUT2D eigenvalue weighted by Gasteiger charge is -2.31. The molecule has 0 aliphatic heterocycles. The molecule has 0 spiro atoms. The van der Waals surface area contributed by atoms with Crippen molar-refractivity contribution in [1.82, 2.24) is 5.32 Å². The number of carbonyl (C=O) groups excluding carboxylic acids is 1. The summed E-state index contributed by atoms with van der Waals surface area (Å²) in [5.41, 5.74) is -1.16. The summed E-state index contributed by atoms with van der Waals surface area (Å²) in [6, 6.07) is 0. The normalized spacial score (nSPS) is 12.1. The number of amides is 1. The minimum atomic E-state index is -2.18. The molecular formula is C8H16Cl3NO4PS+. The Hall–Kier alpha value is 0.550. The second-order valence-electron chi connectivity index (χ2n) is 3.58. The van der Waals surface area contributed by atoms with Crippen LogP contribution in [0.15, 0.2) is 0 Å². The fourth-order valence-electron chi connectivity index (χ4n) is 0.553. The highest BCUT2D eigenvalue weighted by molar-refractivity contribution is 8.38. The lowest BCUT2D eigenvalue weighted by molar-refractivity contribution is 0.0418. The molecule has 0 aromatic carbocycles. The van der Waals surface area contributed by atoms with Crippen LogP contribution in [0, 0.1) is 0 Å². The Morgan fingerprint density at radius 3 is 2.11 bits per heavy atom. The van der Waals surface area contributed by atoms with E-state index in [2.05, 4.69) is 17.6 Å². The quantitative estimate of drug-likeness (QED) is 0.406. The largest absolute Gasteiger partial charge is 0.579 e. The molecule has 1 atom stereocenters. The van der Waals surface area contributed by atoms with E-state index in [0.717, 1.165) is 6.42 Å². The van der Waals surface area contributed by atoms with E-state index in [9.17, 15) is 4.79 Å². The van der Waals surface area contributed by atoms with Gasteiger partial charge in [-0.1, -0.05) is 41.7 Å². The fraction of sp³-hybridized carbons (Fsp3) is 0.875. The number of ether oxygens (including phenoxy) is 1. The molecule has 0 aliphatic carbocycles. The van der Waals surface area contributed by atoms with Gasteiger partial charge in [-0.25, -0.2) is 4.79 Å². The van der Waals surface area contributed by atoms with Gasteiger partial charge in [0.25, 0.3) is 0 Å². The Morgan fingerprint density at radius 2 is 1.83 bits per heavy atom. The molecule has 0 saturated carbocycles. The third-order valence-corrected chi connectivity index (χ3v) is 2.92. The van der Waals surface area contributed by atoms with Gasteiger partial charge in [0.2, 0.25) is 3.79 Å². The Labute approximate surface area is 128 Å². The van der Waals surface area contributed by atoms with Gasteiger partial charge >= 0.3 is 13.3 Å². The van der Waals surface area contributed by atoms with Crippen molar-refractivity contribution >= 4 is 60.4 Å². The molecule has 1 amide bonds. The minimum absolute atomic E-state index is 0.536. The molecule has 2 N–H and O–H groups in total. The maximum absolute atomic E-state index is 11.2. The van der Waals surface area contributed by atoms with Gasteiger partial charge in [0, 0.05) is 6.54 Å². The summed E-state index contributed by atoms with van der Waals surface area (Å²) >= 11 is 19.9. The van der Waals surface area contributed by atoms with Crippen molar-refractivity contribution in [3.63, 3.8) is 0 Å². The van der Waals surface area contributed by atoms with Gasteiger partial charge in [-0.05, 0) is 24.8 Å². The maximum Gasteiger partial charge on any atom is 0.579 e. The van der Waals surface area contributed by atoms with Gasteiger partial charge in [0.1, 0.15) is 12.2 Å². The van der Waals surface area contributed by atoms with E-state index in [-0.39, 0.29) is 0 Å². The van der Waals surface area contributed by atoms with Crippen LogP contribution in [0.5, 0.6) is 0 Å². The van der Waals surface area contributed by atoms with Crippen LogP contribution >= 0.6 is 54.3 Å². The average Bonchev–Trinajstić information content (AvgIpc) is 2.11. The van der Waals surface area contributed by atoms with Gasteiger partial charge in [-0.3, -0.25) is 0 Å². The molecule has 0 rings (SSSR count). The van der Waals surface area contributed by atoms with Crippen molar-refractivity contribution in [2.45, 2.75) is 36.6 Å². The Balaban J connectivity index is 0. The van der Waals surface area contributed by atoms with Crippen LogP contribution in [-0.2, 0) is 9.30 Å². The van der Waals surface area contributed by atoms with Gasteiger partial charge in [-0.15, -0.1) is 0 Å². The van der Waals surface area contributed by atoms with E-state index in [1.807, 2.05) is 6.92 Å². The summed E-state index contributed by atoms with van der Waals surface area (Å²) in [7, 11) is -2.18. The second-order valence-corrected chi connectivity index (χ2v) is 7.39.